The molecule has 6 heteroatoms. The first-order valence-corrected chi connectivity index (χ1v) is 6.40. The van der Waals surface area contributed by atoms with Crippen molar-refractivity contribution >= 4 is 24.0 Å². The third-order valence-electron chi connectivity index (χ3n) is 3.54. The van der Waals surface area contributed by atoms with Gasteiger partial charge in [-0.25, -0.2) is 9.37 Å². The van der Waals surface area contributed by atoms with E-state index in [4.69, 9.17) is 9.07 Å². The molecule has 1 aromatic carbocycles. The fourth-order valence-corrected chi connectivity index (χ4v) is 1.55. The number of aliphatic hydroxyl groups is 1. The van der Waals surface area contributed by atoms with Crippen molar-refractivity contribution in [1.82, 2.24) is 4.98 Å². The molecule has 20 heavy (non-hydrogen) atoms. The summed E-state index contributed by atoms with van der Waals surface area (Å²) >= 11 is 0. The van der Waals surface area contributed by atoms with Gasteiger partial charge in [-0.05, 0) is 45.3 Å². The van der Waals surface area contributed by atoms with E-state index in [1.807, 2.05) is 0 Å². The molecule has 1 heterocycles. The van der Waals surface area contributed by atoms with Crippen molar-refractivity contribution in [1.29, 1.82) is 0 Å². The van der Waals surface area contributed by atoms with Gasteiger partial charge >= 0.3 is 7.48 Å². The lowest BCUT2D eigenvalue weighted by Crippen LogP contribution is -2.49. The fourth-order valence-electron chi connectivity index (χ4n) is 1.55. The van der Waals surface area contributed by atoms with Gasteiger partial charge in [-0.1, -0.05) is 0 Å². The van der Waals surface area contributed by atoms with E-state index in [0.717, 1.165) is 0 Å². The number of fused-ring (bicyclic) bond motifs is 1. The van der Waals surface area contributed by atoms with Gasteiger partial charge in [0, 0.05) is 6.92 Å². The number of rotatable bonds is 4. The van der Waals surface area contributed by atoms with Crippen LogP contribution in [0.15, 0.2) is 16.5 Å². The molecule has 0 aliphatic rings. The lowest BCUT2D eigenvalue weighted by molar-refractivity contribution is -0.0893. The first-order valence-electron chi connectivity index (χ1n) is 6.40. The van der Waals surface area contributed by atoms with Crippen LogP contribution in [0.3, 0.4) is 0 Å². The summed E-state index contributed by atoms with van der Waals surface area (Å²) in [7, 11) is 1.42. The van der Waals surface area contributed by atoms with Crippen molar-refractivity contribution in [2.24, 2.45) is 0 Å². The van der Waals surface area contributed by atoms with E-state index in [2.05, 4.69) is 4.98 Å². The smallest absolute Gasteiger partial charge is 0.331 e. The van der Waals surface area contributed by atoms with Crippen LogP contribution in [0, 0.1) is 12.7 Å². The van der Waals surface area contributed by atoms with E-state index in [0.29, 0.717) is 16.9 Å². The summed E-state index contributed by atoms with van der Waals surface area (Å²) in [6.45, 7) is 8.50. The van der Waals surface area contributed by atoms with Gasteiger partial charge in [0.2, 0.25) is 0 Å². The van der Waals surface area contributed by atoms with Crippen molar-refractivity contribution in [2.45, 2.75) is 45.8 Å². The number of nitrogens with zero attached hydrogens (tertiary/aromatic N) is 1. The number of aryl methyl sites for hydroxylation is 1. The summed E-state index contributed by atoms with van der Waals surface area (Å²) in [5, 5.41) is 10.0. The van der Waals surface area contributed by atoms with E-state index >= 15 is 0 Å². The highest BCUT2D eigenvalue weighted by atomic mass is 19.1. The molecule has 1 N–H and O–H groups in total. The second kappa shape index (κ2) is 4.86. The maximum Gasteiger partial charge on any atom is 0.331 e. The third-order valence-corrected chi connectivity index (χ3v) is 3.54. The minimum atomic E-state index is -1.03. The minimum absolute atomic E-state index is 0.210. The van der Waals surface area contributed by atoms with Crippen molar-refractivity contribution in [3.05, 3.63) is 23.8 Å². The van der Waals surface area contributed by atoms with E-state index < -0.39 is 17.0 Å². The molecule has 107 valence electrons. The van der Waals surface area contributed by atoms with Crippen molar-refractivity contribution in [3.63, 3.8) is 0 Å². The third kappa shape index (κ3) is 2.86. The fraction of sp³-hybridized carbons (Fsp3) is 0.500. The van der Waals surface area contributed by atoms with Gasteiger partial charge in [-0.2, -0.15) is 0 Å². The number of oxazole rings is 1. The SMILES string of the molecule is Cc1nc2c(F)cc([B]OC(C)(C)C(C)(C)O)cc2o1. The van der Waals surface area contributed by atoms with Gasteiger partial charge in [-0.15, -0.1) is 0 Å². The maximum absolute atomic E-state index is 13.9. The van der Waals surface area contributed by atoms with Crippen molar-refractivity contribution < 1.29 is 18.6 Å². The Labute approximate surface area is 118 Å². The summed E-state index contributed by atoms with van der Waals surface area (Å²) in [6.07, 6.45) is 0. The highest BCUT2D eigenvalue weighted by Crippen LogP contribution is 2.24. The van der Waals surface area contributed by atoms with Gasteiger partial charge in [-0.3, -0.25) is 0 Å². The van der Waals surface area contributed by atoms with E-state index in [9.17, 15) is 9.50 Å². The first kappa shape index (κ1) is 15.0. The highest BCUT2D eigenvalue weighted by molar-refractivity contribution is 6.47. The Hall–Kier alpha value is -1.40. The van der Waals surface area contributed by atoms with E-state index in [1.165, 1.54) is 13.5 Å². The summed E-state index contributed by atoms with van der Waals surface area (Å²) in [5.41, 5.74) is -0.742. The zero-order valence-corrected chi connectivity index (χ0v) is 12.3. The molecule has 1 radical (unpaired) electrons. The van der Waals surface area contributed by atoms with Crippen LogP contribution in [-0.4, -0.2) is 28.8 Å². The Kier molecular flexibility index (Phi) is 3.65. The van der Waals surface area contributed by atoms with Crippen LogP contribution in [0.2, 0.25) is 0 Å². The predicted octanol–water partition coefficient (Wildman–Crippen LogP) is 2.09. The highest BCUT2D eigenvalue weighted by Gasteiger charge is 2.35. The Morgan fingerprint density at radius 2 is 1.95 bits per heavy atom. The summed E-state index contributed by atoms with van der Waals surface area (Å²) in [5.74, 6) is -0.0518. The zero-order valence-electron chi connectivity index (χ0n) is 12.3. The molecule has 0 fully saturated rings. The molecule has 0 aliphatic carbocycles. The Bertz CT molecular complexity index is 631. The van der Waals surface area contributed by atoms with Crippen LogP contribution in [0.4, 0.5) is 4.39 Å². The molecule has 0 atom stereocenters. The van der Waals surface area contributed by atoms with Crippen molar-refractivity contribution in [3.8, 4) is 0 Å². The average Bonchev–Trinajstić information content (AvgIpc) is 2.66. The van der Waals surface area contributed by atoms with Crippen LogP contribution in [0.25, 0.3) is 11.1 Å². The quantitative estimate of drug-likeness (QED) is 0.870. The number of hydrogen-bond donors (Lipinski definition) is 1. The molecule has 0 unspecified atom stereocenters. The number of benzene rings is 1. The lowest BCUT2D eigenvalue weighted by Gasteiger charge is -2.37. The van der Waals surface area contributed by atoms with Crippen LogP contribution in [0.5, 0.6) is 0 Å². The van der Waals surface area contributed by atoms with Gasteiger partial charge in [0.15, 0.2) is 17.3 Å². The van der Waals surface area contributed by atoms with Crippen LogP contribution in [-0.2, 0) is 4.65 Å². The molecule has 0 amide bonds. The van der Waals surface area contributed by atoms with Gasteiger partial charge < -0.3 is 14.2 Å². The lowest BCUT2D eigenvalue weighted by atomic mass is 9.82. The van der Waals surface area contributed by atoms with Gasteiger partial charge in [0.25, 0.3) is 0 Å². The van der Waals surface area contributed by atoms with Crippen LogP contribution < -0.4 is 5.46 Å². The number of halogens is 1. The largest absolute Gasteiger partial charge is 0.441 e. The number of hydrogen-bond acceptors (Lipinski definition) is 4. The summed E-state index contributed by atoms with van der Waals surface area (Å²) < 4.78 is 24.8. The average molecular weight is 278 g/mol. The molecule has 4 nitrogen and oxygen atoms in total. The molecular weight excluding hydrogens is 260 g/mol. The van der Waals surface area contributed by atoms with E-state index in [1.54, 1.807) is 40.7 Å². The molecule has 2 rings (SSSR count). The molecule has 1 aromatic heterocycles. The maximum atomic E-state index is 13.9. The van der Waals surface area contributed by atoms with Gasteiger partial charge in [0.1, 0.15) is 5.52 Å². The Morgan fingerprint density at radius 3 is 2.55 bits per heavy atom. The van der Waals surface area contributed by atoms with Crippen LogP contribution in [0.1, 0.15) is 33.6 Å². The normalized spacial score (nSPS) is 12.9. The standard InChI is InChI=1S/C14H18BFNO3/c1-8-17-12-10(16)6-9(7-11(12)19-8)15-20-14(4,5)13(2,3)18/h6-7,18H,1-5H3. The molecule has 0 saturated heterocycles. The predicted molar refractivity (Wildman–Crippen MR) is 75.6 cm³/mol. The summed E-state index contributed by atoms with van der Waals surface area (Å²) in [4.78, 5) is 3.97. The molecule has 0 bridgehead atoms. The molecular formula is C14H18BFNO3. The molecule has 0 saturated carbocycles. The Balaban J connectivity index is 2.22. The monoisotopic (exact) mass is 278 g/mol. The topological polar surface area (TPSA) is 55.5 Å². The van der Waals surface area contributed by atoms with Crippen molar-refractivity contribution in [2.75, 3.05) is 0 Å². The first-order chi connectivity index (χ1) is 9.10. The number of aromatic nitrogens is 1. The van der Waals surface area contributed by atoms with Crippen LogP contribution >= 0.6 is 0 Å². The van der Waals surface area contributed by atoms with E-state index in [-0.39, 0.29) is 5.52 Å². The molecule has 2 aromatic rings. The second-order valence-electron chi connectivity index (χ2n) is 5.89. The Morgan fingerprint density at radius 1 is 1.30 bits per heavy atom. The summed E-state index contributed by atoms with van der Waals surface area (Å²) in [6, 6.07) is 2.98. The molecule has 0 aliphatic heterocycles. The zero-order chi connectivity index (χ0) is 15.1. The molecule has 0 spiro atoms. The minimum Gasteiger partial charge on any atom is -0.441 e. The van der Waals surface area contributed by atoms with Gasteiger partial charge in [0.05, 0.1) is 11.2 Å². The second-order valence-corrected chi connectivity index (χ2v) is 5.89.